The molecule has 0 aliphatic rings. The summed E-state index contributed by atoms with van der Waals surface area (Å²) in [6.07, 6.45) is 0.376. The predicted molar refractivity (Wildman–Crippen MR) is 81.6 cm³/mol. The van der Waals surface area contributed by atoms with Crippen LogP contribution in [-0.2, 0) is 9.53 Å². The summed E-state index contributed by atoms with van der Waals surface area (Å²) in [7, 11) is 0. The van der Waals surface area contributed by atoms with Gasteiger partial charge in [-0.1, -0.05) is 13.0 Å². The van der Waals surface area contributed by atoms with Gasteiger partial charge in [0.25, 0.3) is 0 Å². The summed E-state index contributed by atoms with van der Waals surface area (Å²) >= 11 is 0. The van der Waals surface area contributed by atoms with Crippen molar-refractivity contribution in [3.63, 3.8) is 0 Å². The fourth-order valence-corrected chi connectivity index (χ4v) is 1.75. The molecule has 0 aliphatic carbocycles. The molecule has 0 saturated carbocycles. The van der Waals surface area contributed by atoms with Gasteiger partial charge in [-0.25, -0.2) is 4.79 Å². The van der Waals surface area contributed by atoms with Gasteiger partial charge in [0.15, 0.2) is 0 Å². The first-order valence-corrected chi connectivity index (χ1v) is 7.02. The number of carbonyl (C=O) groups excluding carboxylic acids is 2. The van der Waals surface area contributed by atoms with Crippen molar-refractivity contribution in [2.24, 2.45) is 0 Å². The van der Waals surface area contributed by atoms with E-state index in [1.54, 1.807) is 24.3 Å². The first-order chi connectivity index (χ1) is 9.73. The average Bonchev–Trinajstić information content (AvgIpc) is 2.33. The van der Waals surface area contributed by atoms with Crippen LogP contribution in [0.1, 0.15) is 41.0 Å². The van der Waals surface area contributed by atoms with E-state index in [1.165, 1.54) is 11.8 Å². The van der Waals surface area contributed by atoms with E-state index in [4.69, 9.17) is 9.47 Å². The second kappa shape index (κ2) is 7.11. The second-order valence-electron chi connectivity index (χ2n) is 5.72. The molecule has 0 bridgehead atoms. The van der Waals surface area contributed by atoms with Crippen molar-refractivity contribution in [1.29, 1.82) is 0 Å². The van der Waals surface area contributed by atoms with Gasteiger partial charge in [0.1, 0.15) is 11.4 Å². The number of rotatable bonds is 4. The van der Waals surface area contributed by atoms with Gasteiger partial charge in [-0.15, -0.1) is 0 Å². The Labute approximate surface area is 125 Å². The van der Waals surface area contributed by atoms with Crippen LogP contribution in [0.5, 0.6) is 5.75 Å². The SMILES string of the molecule is CCCN(C(=O)OC(C)(C)C)c1cccc(OC(C)=O)c1. The van der Waals surface area contributed by atoms with Gasteiger partial charge >= 0.3 is 12.1 Å². The maximum absolute atomic E-state index is 12.3. The van der Waals surface area contributed by atoms with E-state index < -0.39 is 17.7 Å². The van der Waals surface area contributed by atoms with E-state index in [-0.39, 0.29) is 0 Å². The molecule has 116 valence electrons. The average molecular weight is 293 g/mol. The van der Waals surface area contributed by atoms with Crippen LogP contribution in [0.2, 0.25) is 0 Å². The Morgan fingerprint density at radius 3 is 2.43 bits per heavy atom. The zero-order valence-electron chi connectivity index (χ0n) is 13.3. The highest BCUT2D eigenvalue weighted by Crippen LogP contribution is 2.23. The lowest BCUT2D eigenvalue weighted by Gasteiger charge is -2.27. The highest BCUT2D eigenvalue weighted by Gasteiger charge is 2.23. The lowest BCUT2D eigenvalue weighted by molar-refractivity contribution is -0.131. The van der Waals surface area contributed by atoms with Crippen molar-refractivity contribution >= 4 is 17.7 Å². The second-order valence-corrected chi connectivity index (χ2v) is 5.72. The summed E-state index contributed by atoms with van der Waals surface area (Å²) in [6, 6.07) is 6.85. The monoisotopic (exact) mass is 293 g/mol. The molecule has 1 amide bonds. The van der Waals surface area contributed by atoms with Crippen LogP contribution in [0.4, 0.5) is 10.5 Å². The van der Waals surface area contributed by atoms with Gasteiger partial charge in [-0.05, 0) is 39.3 Å². The fraction of sp³-hybridized carbons (Fsp3) is 0.500. The molecular weight excluding hydrogens is 270 g/mol. The summed E-state index contributed by atoms with van der Waals surface area (Å²) < 4.78 is 10.5. The number of carbonyl (C=O) groups is 2. The molecule has 1 rings (SSSR count). The van der Waals surface area contributed by atoms with Crippen molar-refractivity contribution < 1.29 is 19.1 Å². The van der Waals surface area contributed by atoms with Crippen molar-refractivity contribution in [2.45, 2.75) is 46.6 Å². The van der Waals surface area contributed by atoms with Crippen LogP contribution in [0, 0.1) is 0 Å². The number of hydrogen-bond acceptors (Lipinski definition) is 4. The van der Waals surface area contributed by atoms with Gasteiger partial charge in [0.2, 0.25) is 0 Å². The van der Waals surface area contributed by atoms with E-state index in [0.717, 1.165) is 6.42 Å². The number of nitrogens with zero attached hydrogens (tertiary/aromatic N) is 1. The van der Waals surface area contributed by atoms with Crippen molar-refractivity contribution in [2.75, 3.05) is 11.4 Å². The van der Waals surface area contributed by atoms with Crippen molar-refractivity contribution in [1.82, 2.24) is 0 Å². The van der Waals surface area contributed by atoms with Crippen molar-refractivity contribution in [3.05, 3.63) is 24.3 Å². The van der Waals surface area contributed by atoms with Crippen molar-refractivity contribution in [3.8, 4) is 5.75 Å². The largest absolute Gasteiger partial charge is 0.443 e. The predicted octanol–water partition coefficient (Wildman–Crippen LogP) is 3.76. The van der Waals surface area contributed by atoms with E-state index in [9.17, 15) is 9.59 Å². The minimum Gasteiger partial charge on any atom is -0.443 e. The number of benzene rings is 1. The number of ether oxygens (including phenoxy) is 2. The van der Waals surface area contributed by atoms with Gasteiger partial charge in [0.05, 0.1) is 5.69 Å². The molecule has 0 unspecified atom stereocenters. The Kier molecular flexibility index (Phi) is 5.76. The molecule has 0 atom stereocenters. The van der Waals surface area contributed by atoms with Crippen LogP contribution in [0.15, 0.2) is 24.3 Å². The van der Waals surface area contributed by atoms with Crippen LogP contribution in [0.25, 0.3) is 0 Å². The lowest BCUT2D eigenvalue weighted by atomic mass is 10.2. The molecule has 0 saturated heterocycles. The lowest BCUT2D eigenvalue weighted by Crippen LogP contribution is -2.37. The smallest absolute Gasteiger partial charge is 0.414 e. The molecule has 21 heavy (non-hydrogen) atoms. The van der Waals surface area contributed by atoms with Gasteiger partial charge in [-0.3, -0.25) is 9.69 Å². The molecule has 1 aromatic rings. The molecule has 0 aromatic heterocycles. The molecule has 0 heterocycles. The number of anilines is 1. The number of esters is 1. The first-order valence-electron chi connectivity index (χ1n) is 7.02. The van der Waals surface area contributed by atoms with E-state index in [1.807, 2.05) is 27.7 Å². The Morgan fingerprint density at radius 1 is 1.24 bits per heavy atom. The Bertz CT molecular complexity index is 505. The highest BCUT2D eigenvalue weighted by molar-refractivity contribution is 5.88. The van der Waals surface area contributed by atoms with E-state index in [0.29, 0.717) is 18.0 Å². The summed E-state index contributed by atoms with van der Waals surface area (Å²) in [6.45, 7) is 9.31. The molecule has 0 radical (unpaired) electrons. The maximum atomic E-state index is 12.3. The van der Waals surface area contributed by atoms with Crippen LogP contribution >= 0.6 is 0 Å². The third-order valence-electron chi connectivity index (χ3n) is 2.45. The zero-order valence-corrected chi connectivity index (χ0v) is 13.3. The quantitative estimate of drug-likeness (QED) is 0.626. The molecule has 0 spiro atoms. The molecule has 0 fully saturated rings. The number of amides is 1. The third kappa shape index (κ3) is 5.85. The third-order valence-corrected chi connectivity index (χ3v) is 2.45. The summed E-state index contributed by atoms with van der Waals surface area (Å²) in [4.78, 5) is 24.8. The van der Waals surface area contributed by atoms with Gasteiger partial charge in [-0.2, -0.15) is 0 Å². The highest BCUT2D eigenvalue weighted by atomic mass is 16.6. The molecule has 1 aromatic carbocycles. The minimum absolute atomic E-state index is 0.397. The Balaban J connectivity index is 2.99. The number of hydrogen-bond donors (Lipinski definition) is 0. The topological polar surface area (TPSA) is 55.8 Å². The summed E-state index contributed by atoms with van der Waals surface area (Å²) in [5.41, 5.74) is 0.0844. The summed E-state index contributed by atoms with van der Waals surface area (Å²) in [5.74, 6) is 0.0103. The van der Waals surface area contributed by atoms with Crippen LogP contribution < -0.4 is 9.64 Å². The minimum atomic E-state index is -0.559. The molecular formula is C16H23NO4. The normalized spacial score (nSPS) is 10.9. The fourth-order valence-electron chi connectivity index (χ4n) is 1.75. The Morgan fingerprint density at radius 2 is 1.90 bits per heavy atom. The standard InChI is InChI=1S/C16H23NO4/c1-6-10-17(15(19)21-16(3,4)5)13-8-7-9-14(11-13)20-12(2)18/h7-9,11H,6,10H2,1-5H3. The first kappa shape index (κ1) is 17.0. The van der Waals surface area contributed by atoms with E-state index >= 15 is 0 Å². The van der Waals surface area contributed by atoms with Crippen LogP contribution in [-0.4, -0.2) is 24.2 Å². The van der Waals surface area contributed by atoms with E-state index in [2.05, 4.69) is 0 Å². The van der Waals surface area contributed by atoms with Gasteiger partial charge < -0.3 is 9.47 Å². The molecule has 5 heteroatoms. The molecule has 0 N–H and O–H groups in total. The maximum Gasteiger partial charge on any atom is 0.414 e. The molecule has 5 nitrogen and oxygen atoms in total. The zero-order chi connectivity index (χ0) is 16.0. The van der Waals surface area contributed by atoms with Gasteiger partial charge in [0, 0.05) is 19.5 Å². The summed E-state index contributed by atoms with van der Waals surface area (Å²) in [5, 5.41) is 0. The Hall–Kier alpha value is -2.04. The molecule has 0 aliphatic heterocycles. The van der Waals surface area contributed by atoms with Crippen LogP contribution in [0.3, 0.4) is 0 Å².